The van der Waals surface area contributed by atoms with E-state index in [1.807, 2.05) is 0 Å². The Morgan fingerprint density at radius 3 is 2.73 bits per heavy atom. The van der Waals surface area contributed by atoms with E-state index in [-0.39, 0.29) is 13.2 Å². The molecule has 2 atom stereocenters. The van der Waals surface area contributed by atoms with Crippen LogP contribution in [0.2, 0.25) is 0 Å². The Labute approximate surface area is 63.9 Å². The maximum Gasteiger partial charge on any atom is 0.137 e. The molecule has 0 unspecified atom stereocenters. The van der Waals surface area contributed by atoms with E-state index in [4.69, 9.17) is 10.2 Å². The molecule has 0 radical (unpaired) electrons. The number of amides is 1. The van der Waals surface area contributed by atoms with Crippen LogP contribution in [-0.2, 0) is 0 Å². The lowest BCUT2D eigenvalue weighted by Gasteiger charge is -2.26. The predicted molar refractivity (Wildman–Crippen MR) is 33.6 cm³/mol. The lowest BCUT2D eigenvalue weighted by Crippen LogP contribution is -2.48. The first-order valence-electron chi connectivity index (χ1n) is 3.43. The van der Waals surface area contributed by atoms with E-state index in [2.05, 4.69) is 0 Å². The molecule has 1 fully saturated rings. The second-order valence-electron chi connectivity index (χ2n) is 2.57. The summed E-state index contributed by atoms with van der Waals surface area (Å²) in [6, 6.07) is -0.694. The number of likely N-dealkylation sites (tertiary alicyclic amines) is 1. The van der Waals surface area contributed by atoms with Crippen molar-refractivity contribution in [3.8, 4) is 0 Å². The van der Waals surface area contributed by atoms with Gasteiger partial charge in [-0.15, -0.1) is 0 Å². The van der Waals surface area contributed by atoms with Gasteiger partial charge in [-0.1, -0.05) is 0 Å². The van der Waals surface area contributed by atoms with Crippen LogP contribution in [0.15, 0.2) is 0 Å². The molecule has 0 aromatic heterocycles. The van der Waals surface area contributed by atoms with E-state index in [0.717, 1.165) is 4.90 Å². The van der Waals surface area contributed by atoms with E-state index in [0.29, 0.717) is 6.42 Å². The molecule has 0 aromatic rings. The summed E-state index contributed by atoms with van der Waals surface area (Å²) in [7, 11) is 0. The van der Waals surface area contributed by atoms with Crippen LogP contribution in [0.25, 0.3) is 0 Å². The molecular formula is C6H10NO4-. The van der Waals surface area contributed by atoms with Gasteiger partial charge >= 0.3 is 0 Å². The van der Waals surface area contributed by atoms with Gasteiger partial charge in [-0.05, 0) is 6.42 Å². The summed E-state index contributed by atoms with van der Waals surface area (Å²) in [6.45, 7) is -0.107. The highest BCUT2D eigenvalue weighted by molar-refractivity contribution is 5.63. The van der Waals surface area contributed by atoms with Crippen molar-refractivity contribution >= 4 is 6.09 Å². The van der Waals surface area contributed by atoms with E-state index in [9.17, 15) is 9.90 Å². The number of hydrogen-bond donors (Lipinski definition) is 2. The van der Waals surface area contributed by atoms with Gasteiger partial charge in [0.25, 0.3) is 0 Å². The number of carboxylic acid groups (broad SMARTS) is 1. The van der Waals surface area contributed by atoms with Crippen molar-refractivity contribution in [1.82, 2.24) is 4.90 Å². The average Bonchev–Trinajstić information content (AvgIpc) is 2.30. The zero-order valence-corrected chi connectivity index (χ0v) is 5.93. The van der Waals surface area contributed by atoms with Gasteiger partial charge in [0.1, 0.15) is 6.09 Å². The van der Waals surface area contributed by atoms with Crippen LogP contribution in [0.4, 0.5) is 4.79 Å². The van der Waals surface area contributed by atoms with Crippen molar-refractivity contribution in [2.45, 2.75) is 18.6 Å². The summed E-state index contributed by atoms with van der Waals surface area (Å²) >= 11 is 0. The molecule has 0 spiro atoms. The van der Waals surface area contributed by atoms with Gasteiger partial charge in [-0.2, -0.15) is 0 Å². The molecule has 1 saturated heterocycles. The highest BCUT2D eigenvalue weighted by Crippen LogP contribution is 2.16. The number of carbonyl (C=O) groups excluding carboxylic acids is 1. The van der Waals surface area contributed by atoms with E-state index < -0.39 is 18.2 Å². The van der Waals surface area contributed by atoms with Crippen LogP contribution in [0.3, 0.4) is 0 Å². The van der Waals surface area contributed by atoms with Crippen molar-refractivity contribution in [1.29, 1.82) is 0 Å². The van der Waals surface area contributed by atoms with Crippen molar-refractivity contribution in [3.05, 3.63) is 0 Å². The molecule has 0 aromatic carbocycles. The zero-order chi connectivity index (χ0) is 8.43. The summed E-state index contributed by atoms with van der Waals surface area (Å²) < 4.78 is 0. The molecule has 0 bridgehead atoms. The quantitative estimate of drug-likeness (QED) is 0.454. The topological polar surface area (TPSA) is 83.8 Å². The van der Waals surface area contributed by atoms with Crippen LogP contribution >= 0.6 is 0 Å². The largest absolute Gasteiger partial charge is 0.530 e. The number of hydrogen-bond acceptors (Lipinski definition) is 4. The SMILES string of the molecule is O=C([O-])N1CC[C@H](O)[C@H]1CO. The molecule has 0 saturated carbocycles. The Morgan fingerprint density at radius 1 is 1.73 bits per heavy atom. The molecule has 11 heavy (non-hydrogen) atoms. The molecule has 0 aliphatic carbocycles. The molecule has 5 heteroatoms. The molecule has 1 amide bonds. The van der Waals surface area contributed by atoms with E-state index in [1.165, 1.54) is 0 Å². The lowest BCUT2D eigenvalue weighted by atomic mass is 10.2. The number of aliphatic hydroxyl groups excluding tert-OH is 2. The Bertz CT molecular complexity index is 161. The van der Waals surface area contributed by atoms with Gasteiger partial charge in [-0.3, -0.25) is 0 Å². The van der Waals surface area contributed by atoms with Crippen molar-refractivity contribution in [2.75, 3.05) is 13.2 Å². The van der Waals surface area contributed by atoms with Crippen LogP contribution in [-0.4, -0.2) is 46.5 Å². The second kappa shape index (κ2) is 3.06. The lowest BCUT2D eigenvalue weighted by molar-refractivity contribution is -0.267. The molecule has 1 heterocycles. The average molecular weight is 160 g/mol. The number of nitrogens with zero attached hydrogens (tertiary/aromatic N) is 1. The molecule has 64 valence electrons. The third-order valence-electron chi connectivity index (χ3n) is 1.93. The number of rotatable bonds is 1. The van der Waals surface area contributed by atoms with Gasteiger partial charge in [0.05, 0.1) is 18.8 Å². The molecule has 1 rings (SSSR count). The predicted octanol–water partition coefficient (Wildman–Crippen LogP) is -2.24. The van der Waals surface area contributed by atoms with Crippen LogP contribution in [0.1, 0.15) is 6.42 Å². The minimum absolute atomic E-state index is 0.245. The summed E-state index contributed by atoms with van der Waals surface area (Å²) in [6.07, 6.45) is -1.71. The standard InChI is InChI=1S/C6H11NO4/c8-3-4-5(9)1-2-7(4)6(10)11/h4-5,8-9H,1-3H2,(H,10,11)/p-1/t4-,5+/m1/s1. The fourth-order valence-electron chi connectivity index (χ4n) is 1.28. The molecule has 2 N–H and O–H groups in total. The monoisotopic (exact) mass is 160 g/mol. The maximum atomic E-state index is 10.3. The Balaban J connectivity index is 2.61. The first-order valence-corrected chi connectivity index (χ1v) is 3.43. The van der Waals surface area contributed by atoms with E-state index in [1.54, 1.807) is 0 Å². The number of carbonyl (C=O) groups is 1. The van der Waals surface area contributed by atoms with Gasteiger partial charge in [0.15, 0.2) is 0 Å². The zero-order valence-electron chi connectivity index (χ0n) is 5.93. The summed E-state index contributed by atoms with van der Waals surface area (Å²) in [4.78, 5) is 11.3. The van der Waals surface area contributed by atoms with Gasteiger partial charge < -0.3 is 25.0 Å². The Hall–Kier alpha value is -0.810. The van der Waals surface area contributed by atoms with Crippen LogP contribution < -0.4 is 5.11 Å². The van der Waals surface area contributed by atoms with Gasteiger partial charge in [0.2, 0.25) is 0 Å². The van der Waals surface area contributed by atoms with Crippen LogP contribution in [0.5, 0.6) is 0 Å². The Morgan fingerprint density at radius 2 is 2.36 bits per heavy atom. The first kappa shape index (κ1) is 8.29. The summed E-state index contributed by atoms with van der Waals surface area (Å²) in [5.41, 5.74) is 0. The fourth-order valence-corrected chi connectivity index (χ4v) is 1.28. The first-order chi connectivity index (χ1) is 5.16. The van der Waals surface area contributed by atoms with Gasteiger partial charge in [-0.25, -0.2) is 0 Å². The smallest absolute Gasteiger partial charge is 0.137 e. The normalized spacial score (nSPS) is 30.9. The van der Waals surface area contributed by atoms with Crippen molar-refractivity contribution < 1.29 is 20.1 Å². The molecule has 1 aliphatic heterocycles. The molecule has 1 aliphatic rings. The highest BCUT2D eigenvalue weighted by Gasteiger charge is 2.31. The van der Waals surface area contributed by atoms with Crippen molar-refractivity contribution in [2.24, 2.45) is 0 Å². The summed E-state index contributed by atoms with van der Waals surface area (Å²) in [5.74, 6) is 0. The second-order valence-corrected chi connectivity index (χ2v) is 2.57. The molecular weight excluding hydrogens is 150 g/mol. The summed E-state index contributed by atoms with van der Waals surface area (Å²) in [5, 5.41) is 28.1. The number of aliphatic hydroxyl groups is 2. The van der Waals surface area contributed by atoms with Crippen molar-refractivity contribution in [3.63, 3.8) is 0 Å². The fraction of sp³-hybridized carbons (Fsp3) is 0.833. The van der Waals surface area contributed by atoms with Crippen LogP contribution in [0, 0.1) is 0 Å². The third-order valence-corrected chi connectivity index (χ3v) is 1.93. The van der Waals surface area contributed by atoms with Gasteiger partial charge in [0, 0.05) is 6.54 Å². The third kappa shape index (κ3) is 1.44. The minimum atomic E-state index is -1.33. The Kier molecular flexibility index (Phi) is 2.31. The maximum absolute atomic E-state index is 10.3. The minimum Gasteiger partial charge on any atom is -0.530 e. The molecule has 5 nitrogen and oxygen atoms in total. The van der Waals surface area contributed by atoms with E-state index >= 15 is 0 Å². The highest BCUT2D eigenvalue weighted by atomic mass is 16.4.